The summed E-state index contributed by atoms with van der Waals surface area (Å²) in [6.07, 6.45) is -0.538. The molecule has 0 amide bonds. The number of hydrogen-bond donors (Lipinski definition) is 2. The van der Waals surface area contributed by atoms with Crippen LogP contribution in [-0.4, -0.2) is 44.1 Å². The van der Waals surface area contributed by atoms with Crippen LogP contribution in [0.5, 0.6) is 5.75 Å². The Hall–Kier alpha value is -1.10. The molecule has 21 heavy (non-hydrogen) atoms. The van der Waals surface area contributed by atoms with Gasteiger partial charge in [-0.15, -0.1) is 0 Å². The number of aryl methyl sites for hydroxylation is 2. The number of methoxy groups -OCH3 is 1. The van der Waals surface area contributed by atoms with Crippen LogP contribution in [0.1, 0.15) is 25.0 Å². The average Bonchev–Trinajstić information content (AvgIpc) is 2.42. The first-order chi connectivity index (χ1) is 9.93. The van der Waals surface area contributed by atoms with Gasteiger partial charge in [0.05, 0.1) is 6.61 Å². The molecular weight excluding hydrogens is 266 g/mol. The molecular formula is C17H29NO3. The van der Waals surface area contributed by atoms with Crippen molar-refractivity contribution in [2.45, 2.75) is 39.8 Å². The second-order valence-electron chi connectivity index (χ2n) is 5.95. The summed E-state index contributed by atoms with van der Waals surface area (Å²) in [5, 5.41) is 13.4. The fraction of sp³-hybridized carbons (Fsp3) is 0.647. The number of aliphatic hydroxyl groups is 1. The van der Waals surface area contributed by atoms with Crippen LogP contribution >= 0.6 is 0 Å². The first-order valence-electron chi connectivity index (χ1n) is 7.54. The number of benzene rings is 1. The third kappa shape index (κ3) is 6.46. The van der Waals surface area contributed by atoms with E-state index < -0.39 is 6.10 Å². The van der Waals surface area contributed by atoms with Gasteiger partial charge in [-0.3, -0.25) is 0 Å². The van der Waals surface area contributed by atoms with Gasteiger partial charge in [0.15, 0.2) is 0 Å². The maximum Gasteiger partial charge on any atom is 0.122 e. The molecule has 1 rings (SSSR count). The molecule has 0 aliphatic rings. The Morgan fingerprint density at radius 3 is 2.48 bits per heavy atom. The molecule has 2 N–H and O–H groups in total. The van der Waals surface area contributed by atoms with Gasteiger partial charge in [0, 0.05) is 19.7 Å². The summed E-state index contributed by atoms with van der Waals surface area (Å²) in [5.41, 5.74) is 2.30. The van der Waals surface area contributed by atoms with E-state index in [0.717, 1.165) is 11.3 Å². The molecule has 4 nitrogen and oxygen atoms in total. The van der Waals surface area contributed by atoms with Crippen molar-refractivity contribution in [3.63, 3.8) is 0 Å². The molecule has 0 fully saturated rings. The van der Waals surface area contributed by atoms with Gasteiger partial charge in [-0.1, -0.05) is 31.5 Å². The lowest BCUT2D eigenvalue weighted by Crippen LogP contribution is -2.43. The number of ether oxygens (including phenoxy) is 2. The van der Waals surface area contributed by atoms with Crippen LogP contribution in [0, 0.1) is 19.8 Å². The van der Waals surface area contributed by atoms with Crippen molar-refractivity contribution in [1.82, 2.24) is 5.32 Å². The molecule has 2 atom stereocenters. The Labute approximate surface area is 128 Å². The zero-order valence-electron chi connectivity index (χ0n) is 13.8. The molecule has 0 aromatic heterocycles. The van der Waals surface area contributed by atoms with E-state index in [0.29, 0.717) is 19.1 Å². The molecule has 0 spiro atoms. The van der Waals surface area contributed by atoms with E-state index in [2.05, 4.69) is 32.2 Å². The normalized spacial score (nSPS) is 14.2. The highest BCUT2D eigenvalue weighted by atomic mass is 16.5. The Bertz CT molecular complexity index is 420. The Morgan fingerprint density at radius 2 is 1.90 bits per heavy atom. The molecule has 120 valence electrons. The lowest BCUT2D eigenvalue weighted by molar-refractivity contribution is 0.0898. The topological polar surface area (TPSA) is 50.7 Å². The predicted molar refractivity (Wildman–Crippen MR) is 85.9 cm³/mol. The van der Waals surface area contributed by atoms with E-state index >= 15 is 0 Å². The average molecular weight is 295 g/mol. The van der Waals surface area contributed by atoms with Crippen molar-refractivity contribution < 1.29 is 14.6 Å². The maximum absolute atomic E-state index is 10.0. The fourth-order valence-corrected chi connectivity index (χ4v) is 2.16. The minimum Gasteiger partial charge on any atom is -0.491 e. The maximum atomic E-state index is 10.0. The predicted octanol–water partition coefficient (Wildman–Crippen LogP) is 2.30. The molecule has 0 heterocycles. The van der Waals surface area contributed by atoms with Crippen molar-refractivity contribution >= 4 is 0 Å². The molecule has 0 aliphatic carbocycles. The molecule has 1 aromatic rings. The van der Waals surface area contributed by atoms with Crippen LogP contribution in [0.4, 0.5) is 0 Å². The fourth-order valence-electron chi connectivity index (χ4n) is 2.16. The summed E-state index contributed by atoms with van der Waals surface area (Å²) >= 11 is 0. The number of hydrogen-bond acceptors (Lipinski definition) is 4. The quantitative estimate of drug-likeness (QED) is 0.734. The molecule has 0 saturated heterocycles. The number of aliphatic hydroxyl groups excluding tert-OH is 1. The van der Waals surface area contributed by atoms with Crippen molar-refractivity contribution in [1.29, 1.82) is 0 Å². The van der Waals surface area contributed by atoms with Crippen LogP contribution in [0.3, 0.4) is 0 Å². The zero-order valence-corrected chi connectivity index (χ0v) is 13.8. The summed E-state index contributed by atoms with van der Waals surface area (Å²) in [6.45, 7) is 9.76. The Morgan fingerprint density at radius 1 is 1.19 bits per heavy atom. The molecule has 2 unspecified atom stereocenters. The third-order valence-electron chi connectivity index (χ3n) is 3.53. The minimum absolute atomic E-state index is 0.241. The van der Waals surface area contributed by atoms with Crippen molar-refractivity contribution in [3.8, 4) is 5.75 Å². The Kier molecular flexibility index (Phi) is 7.72. The van der Waals surface area contributed by atoms with E-state index in [4.69, 9.17) is 9.47 Å². The van der Waals surface area contributed by atoms with Gasteiger partial charge in [-0.2, -0.15) is 0 Å². The van der Waals surface area contributed by atoms with Crippen molar-refractivity contribution in [2.24, 2.45) is 5.92 Å². The van der Waals surface area contributed by atoms with E-state index in [1.165, 1.54) is 5.56 Å². The SMILES string of the molecule is COCC(NCC(O)COc1ccc(C)cc1C)C(C)C. The van der Waals surface area contributed by atoms with Gasteiger partial charge in [-0.25, -0.2) is 0 Å². The van der Waals surface area contributed by atoms with E-state index in [1.807, 2.05) is 19.1 Å². The lowest BCUT2D eigenvalue weighted by Gasteiger charge is -2.23. The van der Waals surface area contributed by atoms with Crippen LogP contribution < -0.4 is 10.1 Å². The van der Waals surface area contributed by atoms with Gasteiger partial charge < -0.3 is 19.9 Å². The monoisotopic (exact) mass is 295 g/mol. The summed E-state index contributed by atoms with van der Waals surface area (Å²) in [6, 6.07) is 6.28. The summed E-state index contributed by atoms with van der Waals surface area (Å²) < 4.78 is 10.9. The highest BCUT2D eigenvalue weighted by molar-refractivity contribution is 5.35. The number of rotatable bonds is 9. The second-order valence-corrected chi connectivity index (χ2v) is 5.95. The second kappa shape index (κ2) is 9.03. The Balaban J connectivity index is 2.38. The smallest absolute Gasteiger partial charge is 0.122 e. The molecule has 0 aliphatic heterocycles. The van der Waals surface area contributed by atoms with Crippen LogP contribution in [0.25, 0.3) is 0 Å². The van der Waals surface area contributed by atoms with Crippen LogP contribution in [-0.2, 0) is 4.74 Å². The standard InChI is InChI=1S/C17H29NO3/c1-12(2)16(11-20-5)18-9-15(19)10-21-17-7-6-13(3)8-14(17)4/h6-8,12,15-16,18-19H,9-11H2,1-5H3. The lowest BCUT2D eigenvalue weighted by atomic mass is 10.1. The first-order valence-corrected chi connectivity index (χ1v) is 7.54. The minimum atomic E-state index is -0.538. The number of nitrogens with one attached hydrogen (secondary N) is 1. The zero-order chi connectivity index (χ0) is 15.8. The molecule has 0 bridgehead atoms. The molecule has 0 radical (unpaired) electrons. The van der Waals surface area contributed by atoms with Crippen LogP contribution in [0.15, 0.2) is 18.2 Å². The van der Waals surface area contributed by atoms with E-state index in [1.54, 1.807) is 7.11 Å². The van der Waals surface area contributed by atoms with Crippen molar-refractivity contribution in [3.05, 3.63) is 29.3 Å². The molecule has 4 heteroatoms. The van der Waals surface area contributed by atoms with Crippen LogP contribution in [0.2, 0.25) is 0 Å². The third-order valence-corrected chi connectivity index (χ3v) is 3.53. The van der Waals surface area contributed by atoms with Gasteiger partial charge in [0.2, 0.25) is 0 Å². The highest BCUT2D eigenvalue weighted by Gasteiger charge is 2.15. The summed E-state index contributed by atoms with van der Waals surface area (Å²) in [5.74, 6) is 1.29. The van der Waals surface area contributed by atoms with E-state index in [-0.39, 0.29) is 12.6 Å². The van der Waals surface area contributed by atoms with Gasteiger partial charge in [0.25, 0.3) is 0 Å². The summed E-state index contributed by atoms with van der Waals surface area (Å²) in [7, 11) is 1.69. The van der Waals surface area contributed by atoms with Gasteiger partial charge in [0.1, 0.15) is 18.5 Å². The largest absolute Gasteiger partial charge is 0.491 e. The van der Waals surface area contributed by atoms with E-state index in [9.17, 15) is 5.11 Å². The summed E-state index contributed by atoms with van der Waals surface area (Å²) in [4.78, 5) is 0. The van der Waals surface area contributed by atoms with Gasteiger partial charge >= 0.3 is 0 Å². The molecule has 0 saturated carbocycles. The first kappa shape index (κ1) is 18.0. The molecule has 1 aromatic carbocycles. The van der Waals surface area contributed by atoms with Crippen molar-refractivity contribution in [2.75, 3.05) is 26.9 Å². The van der Waals surface area contributed by atoms with Gasteiger partial charge in [-0.05, 0) is 31.4 Å². The highest BCUT2D eigenvalue weighted by Crippen LogP contribution is 2.18.